The molecule has 0 bridgehead atoms. The van der Waals surface area contributed by atoms with Crippen LogP contribution in [0.25, 0.3) is 0 Å². The lowest BCUT2D eigenvalue weighted by molar-refractivity contribution is -1.01. The number of hydrogen-bond donors (Lipinski definition) is 1. The molecule has 4 aliphatic rings. The Morgan fingerprint density at radius 1 is 1.46 bits per heavy atom. The van der Waals surface area contributed by atoms with Gasteiger partial charge in [0.2, 0.25) is 0 Å². The number of ether oxygens (including phenoxy) is 1. The number of likely N-dealkylation sites (N-methyl/N-ethyl adjacent to an activating group) is 1. The topological polar surface area (TPSA) is 32.8 Å². The molecule has 72 valence electrons. The third-order valence-corrected chi connectivity index (χ3v) is 5.14. The highest BCUT2D eigenvalue weighted by molar-refractivity contribution is 5.31. The molecule has 3 nitrogen and oxygen atoms in total. The second-order valence-corrected chi connectivity index (χ2v) is 5.82. The number of likely N-dealkylation sites (tertiary alicyclic amines) is 1. The van der Waals surface area contributed by atoms with E-state index in [1.54, 1.807) is 0 Å². The molecule has 2 aliphatic heterocycles. The van der Waals surface area contributed by atoms with Crippen LogP contribution in [0.2, 0.25) is 0 Å². The van der Waals surface area contributed by atoms with Crippen molar-refractivity contribution in [3.05, 3.63) is 0 Å². The number of fused-ring (bicyclic) bond motifs is 2. The molecular weight excluding hydrogens is 166 g/mol. The Labute approximate surface area is 77.9 Å². The second kappa shape index (κ2) is 1.58. The standard InChI is InChI=1S/C10H16NO2/c1-11(2)6-3-5(12)4-10(6)8(11)7-9(10)13-7/h5-9,12H,3-4H2,1-2H3/q+1/t5-,6?,7+,8?,9?,10?/m0/s1. The SMILES string of the molecule is C[N+]1(C)C2C[C@H](O)CC23C2O[C@@H]2C31. The van der Waals surface area contributed by atoms with Crippen LogP contribution in [-0.2, 0) is 4.74 Å². The Balaban J connectivity index is 1.80. The van der Waals surface area contributed by atoms with Crippen molar-refractivity contribution in [2.24, 2.45) is 5.41 Å². The summed E-state index contributed by atoms with van der Waals surface area (Å²) in [6, 6.07) is 1.39. The maximum absolute atomic E-state index is 9.73. The van der Waals surface area contributed by atoms with E-state index in [0.29, 0.717) is 29.7 Å². The maximum Gasteiger partial charge on any atom is 0.138 e. The highest BCUT2D eigenvalue weighted by Crippen LogP contribution is 2.75. The molecule has 4 rings (SSSR count). The first-order chi connectivity index (χ1) is 6.08. The highest BCUT2D eigenvalue weighted by atomic mass is 16.6. The summed E-state index contributed by atoms with van der Waals surface area (Å²) in [6.45, 7) is 0. The van der Waals surface area contributed by atoms with Gasteiger partial charge in [-0.1, -0.05) is 0 Å². The number of hydrogen-bond acceptors (Lipinski definition) is 2. The Bertz CT molecular complexity index is 303. The first-order valence-electron chi connectivity index (χ1n) is 5.25. The van der Waals surface area contributed by atoms with Crippen LogP contribution < -0.4 is 0 Å². The zero-order chi connectivity index (χ0) is 9.01. The lowest BCUT2D eigenvalue weighted by atomic mass is 9.52. The predicted molar refractivity (Wildman–Crippen MR) is 46.0 cm³/mol. The van der Waals surface area contributed by atoms with Gasteiger partial charge in [-0.2, -0.15) is 0 Å². The summed E-state index contributed by atoms with van der Waals surface area (Å²) in [7, 11) is 4.59. The minimum atomic E-state index is -0.0578. The molecule has 1 spiro atoms. The smallest absolute Gasteiger partial charge is 0.138 e. The van der Waals surface area contributed by atoms with Gasteiger partial charge in [0.1, 0.15) is 29.7 Å². The molecule has 13 heavy (non-hydrogen) atoms. The van der Waals surface area contributed by atoms with E-state index >= 15 is 0 Å². The van der Waals surface area contributed by atoms with E-state index in [1.165, 1.54) is 0 Å². The zero-order valence-electron chi connectivity index (χ0n) is 8.10. The third kappa shape index (κ3) is 0.485. The largest absolute Gasteiger partial charge is 0.393 e. The van der Waals surface area contributed by atoms with Crippen molar-refractivity contribution in [2.75, 3.05) is 14.1 Å². The molecule has 0 aromatic carbocycles. The average molecular weight is 182 g/mol. The molecule has 1 N–H and O–H groups in total. The molecular formula is C10H16NO2+. The van der Waals surface area contributed by atoms with E-state index in [1.807, 2.05) is 0 Å². The van der Waals surface area contributed by atoms with Gasteiger partial charge in [-0.3, -0.25) is 0 Å². The van der Waals surface area contributed by atoms with Gasteiger partial charge in [0, 0.05) is 6.42 Å². The summed E-state index contributed by atoms with van der Waals surface area (Å²) in [5, 5.41) is 9.73. The quantitative estimate of drug-likeness (QED) is 0.413. The molecule has 2 heterocycles. The highest BCUT2D eigenvalue weighted by Gasteiger charge is 2.92. The summed E-state index contributed by atoms with van der Waals surface area (Å²) >= 11 is 0. The van der Waals surface area contributed by atoms with Crippen molar-refractivity contribution in [3.8, 4) is 0 Å². The second-order valence-electron chi connectivity index (χ2n) is 5.82. The molecule has 2 saturated heterocycles. The van der Waals surface area contributed by atoms with Crippen LogP contribution in [0, 0.1) is 5.41 Å². The van der Waals surface area contributed by atoms with E-state index in [4.69, 9.17) is 4.74 Å². The summed E-state index contributed by atoms with van der Waals surface area (Å²) in [4.78, 5) is 0. The Hall–Kier alpha value is -0.120. The van der Waals surface area contributed by atoms with Gasteiger partial charge in [-0.25, -0.2) is 0 Å². The van der Waals surface area contributed by atoms with Crippen LogP contribution in [0.3, 0.4) is 0 Å². The van der Waals surface area contributed by atoms with Gasteiger partial charge in [0.05, 0.1) is 20.2 Å². The van der Waals surface area contributed by atoms with E-state index in [2.05, 4.69) is 14.1 Å². The van der Waals surface area contributed by atoms with Crippen LogP contribution in [0.4, 0.5) is 0 Å². The molecule has 0 aromatic rings. The van der Waals surface area contributed by atoms with Crippen LogP contribution >= 0.6 is 0 Å². The monoisotopic (exact) mass is 182 g/mol. The molecule has 4 unspecified atom stereocenters. The van der Waals surface area contributed by atoms with Crippen molar-refractivity contribution in [1.82, 2.24) is 0 Å². The fourth-order valence-electron chi connectivity index (χ4n) is 4.88. The summed E-state index contributed by atoms with van der Waals surface area (Å²) in [6.07, 6.45) is 3.03. The van der Waals surface area contributed by atoms with E-state index in [-0.39, 0.29) is 6.10 Å². The normalized spacial score (nSPS) is 69.9. The Kier molecular flexibility index (Phi) is 0.873. The van der Waals surface area contributed by atoms with E-state index < -0.39 is 0 Å². The number of rotatable bonds is 0. The Morgan fingerprint density at radius 3 is 3.00 bits per heavy atom. The molecule has 4 fully saturated rings. The van der Waals surface area contributed by atoms with E-state index in [9.17, 15) is 5.11 Å². The zero-order valence-corrected chi connectivity index (χ0v) is 8.10. The summed E-state index contributed by atoms with van der Waals surface area (Å²) in [5.41, 5.74) is 0.410. The van der Waals surface area contributed by atoms with Gasteiger partial charge in [-0.05, 0) is 6.42 Å². The van der Waals surface area contributed by atoms with Gasteiger partial charge in [0.25, 0.3) is 0 Å². The molecule has 0 radical (unpaired) electrons. The minimum absolute atomic E-state index is 0.0578. The number of nitrogens with zero attached hydrogens (tertiary/aromatic N) is 1. The van der Waals surface area contributed by atoms with Crippen LogP contribution in [-0.4, -0.2) is 54.1 Å². The predicted octanol–water partition coefficient (Wildman–Crippen LogP) is -0.264. The van der Waals surface area contributed by atoms with Crippen molar-refractivity contribution >= 4 is 0 Å². The van der Waals surface area contributed by atoms with Gasteiger partial charge in [-0.15, -0.1) is 0 Å². The fraction of sp³-hybridized carbons (Fsp3) is 1.00. The fourth-order valence-corrected chi connectivity index (χ4v) is 4.88. The first-order valence-corrected chi connectivity index (χ1v) is 5.25. The van der Waals surface area contributed by atoms with Crippen molar-refractivity contribution in [2.45, 2.75) is 43.2 Å². The maximum atomic E-state index is 9.73. The summed E-state index contributed by atoms with van der Waals surface area (Å²) in [5.74, 6) is 0. The molecule has 0 aromatic heterocycles. The first kappa shape index (κ1) is 7.21. The minimum Gasteiger partial charge on any atom is -0.393 e. The summed E-state index contributed by atoms with van der Waals surface area (Å²) < 4.78 is 6.77. The lowest BCUT2D eigenvalue weighted by Gasteiger charge is -2.67. The van der Waals surface area contributed by atoms with E-state index in [0.717, 1.165) is 17.3 Å². The average Bonchev–Trinajstić information content (AvgIpc) is 2.60. The molecule has 3 heteroatoms. The number of quaternary nitrogens is 1. The van der Waals surface area contributed by atoms with Gasteiger partial charge in [0.15, 0.2) is 0 Å². The van der Waals surface area contributed by atoms with Crippen LogP contribution in [0.15, 0.2) is 0 Å². The van der Waals surface area contributed by atoms with Gasteiger partial charge < -0.3 is 14.3 Å². The molecule has 0 amide bonds. The van der Waals surface area contributed by atoms with Crippen molar-refractivity contribution in [3.63, 3.8) is 0 Å². The third-order valence-electron chi connectivity index (χ3n) is 5.14. The van der Waals surface area contributed by atoms with Crippen LogP contribution in [0.1, 0.15) is 12.8 Å². The number of epoxide rings is 1. The van der Waals surface area contributed by atoms with Gasteiger partial charge >= 0.3 is 0 Å². The lowest BCUT2D eigenvalue weighted by Crippen LogP contribution is -2.86. The van der Waals surface area contributed by atoms with Crippen molar-refractivity contribution < 1.29 is 14.3 Å². The molecule has 2 aliphatic carbocycles. The molecule has 6 atom stereocenters. The number of aliphatic hydroxyl groups is 1. The van der Waals surface area contributed by atoms with Crippen molar-refractivity contribution in [1.29, 1.82) is 0 Å². The Morgan fingerprint density at radius 2 is 2.23 bits per heavy atom. The molecule has 2 saturated carbocycles. The number of piperidine rings is 1. The van der Waals surface area contributed by atoms with Crippen LogP contribution in [0.5, 0.6) is 0 Å². The number of aliphatic hydroxyl groups excluding tert-OH is 1.